The molecule has 0 aliphatic carbocycles. The molecule has 0 atom stereocenters. The lowest BCUT2D eigenvalue weighted by atomic mass is 10.1. The standard InChI is InChI=1S/C15H9BrN2O3/c16-11-3-6-13-10(7-11)8-14(17-13)15(19)9-1-4-12(5-2-9)18(20)21/h1-8,17H. The van der Waals surface area contributed by atoms with Crippen LogP contribution in [0.1, 0.15) is 16.1 Å². The lowest BCUT2D eigenvalue weighted by Gasteiger charge is -1.98. The van der Waals surface area contributed by atoms with E-state index < -0.39 is 4.92 Å². The van der Waals surface area contributed by atoms with Gasteiger partial charge in [0, 0.05) is 33.1 Å². The number of hydrogen-bond donors (Lipinski definition) is 1. The molecule has 3 aromatic rings. The molecule has 0 aliphatic rings. The quantitative estimate of drug-likeness (QED) is 0.442. The summed E-state index contributed by atoms with van der Waals surface area (Å²) in [5.41, 5.74) is 1.69. The fourth-order valence-corrected chi connectivity index (χ4v) is 2.49. The number of H-pyrrole nitrogens is 1. The molecular weight excluding hydrogens is 336 g/mol. The number of aromatic amines is 1. The number of rotatable bonds is 3. The van der Waals surface area contributed by atoms with Crippen molar-refractivity contribution < 1.29 is 9.72 Å². The van der Waals surface area contributed by atoms with E-state index in [-0.39, 0.29) is 11.5 Å². The number of nitro groups is 1. The fraction of sp³-hybridized carbons (Fsp3) is 0. The maximum absolute atomic E-state index is 12.4. The Morgan fingerprint density at radius 2 is 1.81 bits per heavy atom. The highest BCUT2D eigenvalue weighted by Crippen LogP contribution is 2.22. The van der Waals surface area contributed by atoms with Crippen LogP contribution in [0.5, 0.6) is 0 Å². The Bertz CT molecular complexity index is 853. The van der Waals surface area contributed by atoms with E-state index in [0.29, 0.717) is 11.3 Å². The normalized spacial score (nSPS) is 10.7. The van der Waals surface area contributed by atoms with E-state index in [1.807, 2.05) is 18.2 Å². The van der Waals surface area contributed by atoms with Crippen molar-refractivity contribution in [1.82, 2.24) is 4.98 Å². The molecule has 5 nitrogen and oxygen atoms in total. The minimum Gasteiger partial charge on any atom is -0.352 e. The van der Waals surface area contributed by atoms with Gasteiger partial charge in [-0.25, -0.2) is 0 Å². The second kappa shape index (κ2) is 5.14. The number of nitrogens with one attached hydrogen (secondary N) is 1. The van der Waals surface area contributed by atoms with Crippen LogP contribution in [0.2, 0.25) is 0 Å². The molecule has 0 unspecified atom stereocenters. The maximum atomic E-state index is 12.4. The van der Waals surface area contributed by atoms with E-state index in [1.54, 1.807) is 6.07 Å². The maximum Gasteiger partial charge on any atom is 0.269 e. The van der Waals surface area contributed by atoms with Crippen LogP contribution in [0.3, 0.4) is 0 Å². The van der Waals surface area contributed by atoms with E-state index in [2.05, 4.69) is 20.9 Å². The molecule has 2 aromatic carbocycles. The first kappa shape index (κ1) is 13.5. The molecule has 0 radical (unpaired) electrons. The SMILES string of the molecule is O=C(c1ccc([N+](=O)[O-])cc1)c1cc2cc(Br)ccc2[nH]1. The summed E-state index contributed by atoms with van der Waals surface area (Å²) >= 11 is 3.38. The van der Waals surface area contributed by atoms with Gasteiger partial charge < -0.3 is 4.98 Å². The van der Waals surface area contributed by atoms with Gasteiger partial charge in [-0.3, -0.25) is 14.9 Å². The van der Waals surface area contributed by atoms with Crippen LogP contribution in [0.15, 0.2) is 53.0 Å². The van der Waals surface area contributed by atoms with Gasteiger partial charge in [-0.15, -0.1) is 0 Å². The Morgan fingerprint density at radius 1 is 1.10 bits per heavy atom. The number of benzene rings is 2. The third kappa shape index (κ3) is 2.57. The number of carbonyl (C=O) groups is 1. The van der Waals surface area contributed by atoms with E-state index in [4.69, 9.17) is 0 Å². The van der Waals surface area contributed by atoms with E-state index in [0.717, 1.165) is 15.4 Å². The zero-order valence-electron chi connectivity index (χ0n) is 10.7. The minimum absolute atomic E-state index is 0.0351. The highest BCUT2D eigenvalue weighted by atomic mass is 79.9. The van der Waals surface area contributed by atoms with Crippen LogP contribution in [0, 0.1) is 10.1 Å². The first-order valence-corrected chi connectivity index (χ1v) is 6.91. The molecule has 0 fully saturated rings. The van der Waals surface area contributed by atoms with Gasteiger partial charge in [-0.05, 0) is 36.4 Å². The Balaban J connectivity index is 1.97. The largest absolute Gasteiger partial charge is 0.352 e. The number of carbonyl (C=O) groups excluding carboxylic acids is 1. The average molecular weight is 345 g/mol. The Hall–Kier alpha value is -2.47. The molecule has 0 bridgehead atoms. The number of halogens is 1. The Labute approximate surface area is 127 Å². The molecule has 104 valence electrons. The summed E-state index contributed by atoms with van der Waals surface area (Å²) in [6.45, 7) is 0. The van der Waals surface area contributed by atoms with Crippen LogP contribution in [0.25, 0.3) is 10.9 Å². The average Bonchev–Trinajstić information content (AvgIpc) is 2.89. The highest BCUT2D eigenvalue weighted by molar-refractivity contribution is 9.10. The summed E-state index contributed by atoms with van der Waals surface area (Å²) in [5.74, 6) is -0.197. The van der Waals surface area contributed by atoms with Gasteiger partial charge in [-0.1, -0.05) is 15.9 Å². The van der Waals surface area contributed by atoms with Gasteiger partial charge in [0.25, 0.3) is 5.69 Å². The smallest absolute Gasteiger partial charge is 0.269 e. The molecule has 1 N–H and O–H groups in total. The number of non-ortho nitro benzene ring substituents is 1. The summed E-state index contributed by atoms with van der Waals surface area (Å²) in [7, 11) is 0. The minimum atomic E-state index is -0.491. The summed E-state index contributed by atoms with van der Waals surface area (Å²) in [5, 5.41) is 11.5. The molecule has 0 aliphatic heterocycles. The number of fused-ring (bicyclic) bond motifs is 1. The molecule has 0 saturated heterocycles. The predicted octanol–water partition coefficient (Wildman–Crippen LogP) is 4.07. The van der Waals surface area contributed by atoms with Crippen LogP contribution >= 0.6 is 15.9 Å². The molecule has 21 heavy (non-hydrogen) atoms. The molecule has 0 amide bonds. The van der Waals surface area contributed by atoms with Crippen molar-refractivity contribution in [3.63, 3.8) is 0 Å². The van der Waals surface area contributed by atoms with Crippen LogP contribution in [-0.4, -0.2) is 15.7 Å². The highest BCUT2D eigenvalue weighted by Gasteiger charge is 2.14. The van der Waals surface area contributed by atoms with Crippen molar-refractivity contribution >= 4 is 38.3 Å². The third-order valence-electron chi connectivity index (χ3n) is 3.17. The molecule has 1 heterocycles. The first-order chi connectivity index (χ1) is 10.0. The van der Waals surface area contributed by atoms with Gasteiger partial charge in [0.05, 0.1) is 10.6 Å². The second-order valence-corrected chi connectivity index (χ2v) is 5.46. The lowest BCUT2D eigenvalue weighted by Crippen LogP contribution is -2.01. The van der Waals surface area contributed by atoms with Crippen molar-refractivity contribution in [3.8, 4) is 0 Å². The first-order valence-electron chi connectivity index (χ1n) is 6.12. The molecule has 6 heteroatoms. The number of nitro benzene ring substituents is 1. The van der Waals surface area contributed by atoms with Crippen molar-refractivity contribution in [2.75, 3.05) is 0 Å². The molecule has 3 rings (SSSR count). The van der Waals surface area contributed by atoms with E-state index in [9.17, 15) is 14.9 Å². The van der Waals surface area contributed by atoms with Crippen LogP contribution in [0.4, 0.5) is 5.69 Å². The van der Waals surface area contributed by atoms with Crippen molar-refractivity contribution in [1.29, 1.82) is 0 Å². The van der Waals surface area contributed by atoms with Gasteiger partial charge in [0.15, 0.2) is 0 Å². The summed E-state index contributed by atoms with van der Waals surface area (Å²) in [4.78, 5) is 25.5. The monoisotopic (exact) mass is 344 g/mol. The van der Waals surface area contributed by atoms with Crippen LogP contribution < -0.4 is 0 Å². The molecule has 0 saturated carbocycles. The molecular formula is C15H9BrN2O3. The third-order valence-corrected chi connectivity index (χ3v) is 3.66. The van der Waals surface area contributed by atoms with Crippen molar-refractivity contribution in [2.45, 2.75) is 0 Å². The van der Waals surface area contributed by atoms with Gasteiger partial charge in [0.1, 0.15) is 0 Å². The number of hydrogen-bond acceptors (Lipinski definition) is 3. The Kier molecular flexibility index (Phi) is 3.31. The Morgan fingerprint density at radius 3 is 2.48 bits per heavy atom. The van der Waals surface area contributed by atoms with Gasteiger partial charge in [0.2, 0.25) is 5.78 Å². The summed E-state index contributed by atoms with van der Waals surface area (Å²) < 4.78 is 0.934. The second-order valence-electron chi connectivity index (χ2n) is 4.55. The molecule has 0 spiro atoms. The number of aromatic nitrogens is 1. The number of ketones is 1. The topological polar surface area (TPSA) is 76.0 Å². The van der Waals surface area contributed by atoms with E-state index in [1.165, 1.54) is 24.3 Å². The van der Waals surface area contributed by atoms with Gasteiger partial charge in [-0.2, -0.15) is 0 Å². The zero-order chi connectivity index (χ0) is 15.0. The van der Waals surface area contributed by atoms with Crippen molar-refractivity contribution in [2.24, 2.45) is 0 Å². The summed E-state index contributed by atoms with van der Waals surface area (Å²) in [6.07, 6.45) is 0. The van der Waals surface area contributed by atoms with Gasteiger partial charge >= 0.3 is 0 Å². The predicted molar refractivity (Wildman–Crippen MR) is 82.5 cm³/mol. The van der Waals surface area contributed by atoms with Crippen LogP contribution in [-0.2, 0) is 0 Å². The lowest BCUT2D eigenvalue weighted by molar-refractivity contribution is -0.384. The summed E-state index contributed by atoms with van der Waals surface area (Å²) in [6, 6.07) is 13.0. The zero-order valence-corrected chi connectivity index (χ0v) is 12.3. The van der Waals surface area contributed by atoms with E-state index >= 15 is 0 Å². The fourth-order valence-electron chi connectivity index (χ4n) is 2.12. The number of nitrogens with zero attached hydrogens (tertiary/aromatic N) is 1. The van der Waals surface area contributed by atoms with Crippen molar-refractivity contribution in [3.05, 3.63) is 74.4 Å². The molecule has 1 aromatic heterocycles.